The Morgan fingerprint density at radius 2 is 1.44 bits per heavy atom. The van der Waals surface area contributed by atoms with Crippen molar-refractivity contribution in [3.8, 4) is 0 Å². The van der Waals surface area contributed by atoms with Crippen LogP contribution in [0, 0.1) is 0 Å². The van der Waals surface area contributed by atoms with Crippen molar-refractivity contribution >= 4 is 5.69 Å². The number of hydrogen-bond acceptors (Lipinski definition) is 2. The first-order valence-corrected chi connectivity index (χ1v) is 6.45. The lowest BCUT2D eigenvalue weighted by molar-refractivity contribution is 0.967. The Morgan fingerprint density at radius 3 is 2.11 bits per heavy atom. The fraction of sp³-hybridized carbons (Fsp3) is 0.250. The van der Waals surface area contributed by atoms with Crippen molar-refractivity contribution < 1.29 is 0 Å². The Balaban J connectivity index is 1.80. The topological polar surface area (TPSA) is 38.0 Å². The second-order valence-electron chi connectivity index (χ2n) is 4.40. The van der Waals surface area contributed by atoms with Crippen molar-refractivity contribution in [1.29, 1.82) is 0 Å². The van der Waals surface area contributed by atoms with Gasteiger partial charge in [-0.25, -0.2) is 0 Å². The number of nitrogens with two attached hydrogens (primary N) is 1. The van der Waals surface area contributed by atoms with E-state index in [1.54, 1.807) is 0 Å². The van der Waals surface area contributed by atoms with Crippen LogP contribution < -0.4 is 11.1 Å². The van der Waals surface area contributed by atoms with Crippen LogP contribution in [0.15, 0.2) is 54.6 Å². The monoisotopic (exact) mass is 240 g/mol. The van der Waals surface area contributed by atoms with Gasteiger partial charge in [-0.3, -0.25) is 0 Å². The van der Waals surface area contributed by atoms with Gasteiger partial charge in [-0.15, -0.1) is 0 Å². The smallest absolute Gasteiger partial charge is 0.0340 e. The summed E-state index contributed by atoms with van der Waals surface area (Å²) in [7, 11) is 0. The maximum atomic E-state index is 5.53. The Labute approximate surface area is 109 Å². The summed E-state index contributed by atoms with van der Waals surface area (Å²) in [5.74, 6) is 0. The van der Waals surface area contributed by atoms with Gasteiger partial charge in [0.15, 0.2) is 0 Å². The fourth-order valence-electron chi connectivity index (χ4n) is 1.95. The van der Waals surface area contributed by atoms with Gasteiger partial charge >= 0.3 is 0 Å². The fourth-order valence-corrected chi connectivity index (χ4v) is 1.95. The van der Waals surface area contributed by atoms with Gasteiger partial charge in [-0.1, -0.05) is 42.5 Å². The molecule has 0 aliphatic carbocycles. The minimum Gasteiger partial charge on any atom is -0.385 e. The first kappa shape index (κ1) is 12.7. The highest BCUT2D eigenvalue weighted by Crippen LogP contribution is 2.10. The maximum Gasteiger partial charge on any atom is 0.0340 e. The van der Waals surface area contributed by atoms with E-state index in [1.165, 1.54) is 16.8 Å². The minimum atomic E-state index is 0.709. The molecule has 0 aliphatic heterocycles. The quantitative estimate of drug-likeness (QED) is 0.815. The minimum absolute atomic E-state index is 0.709. The van der Waals surface area contributed by atoms with E-state index < -0.39 is 0 Å². The maximum absolute atomic E-state index is 5.53. The predicted octanol–water partition coefficient (Wildman–Crippen LogP) is 2.84. The van der Waals surface area contributed by atoms with E-state index in [9.17, 15) is 0 Å². The lowest BCUT2D eigenvalue weighted by Crippen LogP contribution is -2.05. The van der Waals surface area contributed by atoms with Crippen LogP contribution in [-0.2, 0) is 12.8 Å². The largest absolute Gasteiger partial charge is 0.385 e. The van der Waals surface area contributed by atoms with E-state index in [4.69, 9.17) is 5.73 Å². The van der Waals surface area contributed by atoms with Crippen LogP contribution in [0.25, 0.3) is 0 Å². The van der Waals surface area contributed by atoms with Gasteiger partial charge in [-0.2, -0.15) is 0 Å². The van der Waals surface area contributed by atoms with Gasteiger partial charge in [0.05, 0.1) is 0 Å². The summed E-state index contributed by atoms with van der Waals surface area (Å²) < 4.78 is 0. The first-order chi connectivity index (χ1) is 8.88. The van der Waals surface area contributed by atoms with E-state index in [0.717, 1.165) is 19.4 Å². The summed E-state index contributed by atoms with van der Waals surface area (Å²) in [5.41, 5.74) is 9.36. The van der Waals surface area contributed by atoms with Crippen LogP contribution in [0.4, 0.5) is 5.69 Å². The van der Waals surface area contributed by atoms with E-state index in [2.05, 4.69) is 53.8 Å². The van der Waals surface area contributed by atoms with Crippen molar-refractivity contribution in [2.24, 2.45) is 5.73 Å². The molecule has 2 aromatic rings. The molecular weight excluding hydrogens is 220 g/mol. The summed E-state index contributed by atoms with van der Waals surface area (Å²) in [6, 6.07) is 19.0. The molecular formula is C16H20N2. The number of hydrogen-bond donors (Lipinski definition) is 2. The van der Waals surface area contributed by atoms with Crippen molar-refractivity contribution in [3.05, 3.63) is 65.7 Å². The van der Waals surface area contributed by atoms with E-state index in [0.29, 0.717) is 6.54 Å². The molecule has 2 nitrogen and oxygen atoms in total. The Hall–Kier alpha value is -1.80. The zero-order valence-corrected chi connectivity index (χ0v) is 10.6. The average Bonchev–Trinajstić information content (AvgIpc) is 2.42. The molecule has 0 unspecified atom stereocenters. The van der Waals surface area contributed by atoms with Crippen molar-refractivity contribution in [3.63, 3.8) is 0 Å². The predicted molar refractivity (Wildman–Crippen MR) is 77.8 cm³/mol. The third kappa shape index (κ3) is 3.90. The van der Waals surface area contributed by atoms with Gasteiger partial charge in [0.1, 0.15) is 0 Å². The SMILES string of the molecule is NCCc1ccc(NCCc2ccccc2)cc1. The van der Waals surface area contributed by atoms with Gasteiger partial charge in [0, 0.05) is 12.2 Å². The lowest BCUT2D eigenvalue weighted by Gasteiger charge is -2.07. The molecule has 18 heavy (non-hydrogen) atoms. The third-order valence-corrected chi connectivity index (χ3v) is 2.97. The summed E-state index contributed by atoms with van der Waals surface area (Å²) in [6.07, 6.45) is 2.00. The molecule has 2 heteroatoms. The molecule has 0 heterocycles. The third-order valence-electron chi connectivity index (χ3n) is 2.97. The second-order valence-corrected chi connectivity index (χ2v) is 4.40. The van der Waals surface area contributed by atoms with E-state index in [-0.39, 0.29) is 0 Å². The summed E-state index contributed by atoms with van der Waals surface area (Å²) in [6.45, 7) is 1.67. The molecule has 2 rings (SSSR count). The second kappa shape index (κ2) is 6.82. The molecule has 94 valence electrons. The van der Waals surface area contributed by atoms with Crippen molar-refractivity contribution in [2.45, 2.75) is 12.8 Å². The molecule has 0 spiro atoms. The van der Waals surface area contributed by atoms with Crippen LogP contribution >= 0.6 is 0 Å². The highest BCUT2D eigenvalue weighted by Gasteiger charge is 1.95. The number of nitrogens with one attached hydrogen (secondary N) is 1. The summed E-state index contributed by atoms with van der Waals surface area (Å²) >= 11 is 0. The van der Waals surface area contributed by atoms with Gasteiger partial charge < -0.3 is 11.1 Å². The molecule has 0 saturated heterocycles. The molecule has 3 N–H and O–H groups in total. The molecule has 0 bridgehead atoms. The summed E-state index contributed by atoms with van der Waals surface area (Å²) in [5, 5.41) is 3.43. The van der Waals surface area contributed by atoms with Gasteiger partial charge in [0.2, 0.25) is 0 Å². The van der Waals surface area contributed by atoms with Crippen LogP contribution in [0.1, 0.15) is 11.1 Å². The van der Waals surface area contributed by atoms with Crippen LogP contribution in [0.5, 0.6) is 0 Å². The molecule has 0 amide bonds. The highest BCUT2D eigenvalue weighted by molar-refractivity contribution is 5.44. The standard InChI is InChI=1S/C16H20N2/c17-12-10-15-6-8-16(9-7-15)18-13-11-14-4-2-1-3-5-14/h1-9,18H,10-13,17H2. The van der Waals surface area contributed by atoms with Crippen molar-refractivity contribution in [2.75, 3.05) is 18.4 Å². The molecule has 0 saturated carbocycles. The normalized spacial score (nSPS) is 10.3. The van der Waals surface area contributed by atoms with Crippen LogP contribution in [0.3, 0.4) is 0 Å². The van der Waals surface area contributed by atoms with Crippen LogP contribution in [-0.4, -0.2) is 13.1 Å². The average molecular weight is 240 g/mol. The highest BCUT2D eigenvalue weighted by atomic mass is 14.9. The molecule has 0 aromatic heterocycles. The van der Waals surface area contributed by atoms with E-state index >= 15 is 0 Å². The zero-order chi connectivity index (χ0) is 12.6. The molecule has 2 aromatic carbocycles. The van der Waals surface area contributed by atoms with Crippen LogP contribution in [0.2, 0.25) is 0 Å². The number of rotatable bonds is 6. The Bertz CT molecular complexity index is 448. The lowest BCUT2D eigenvalue weighted by atomic mass is 10.1. The Kier molecular flexibility index (Phi) is 4.79. The molecule has 0 atom stereocenters. The van der Waals surface area contributed by atoms with E-state index in [1.807, 2.05) is 6.07 Å². The summed E-state index contributed by atoms with van der Waals surface area (Å²) in [4.78, 5) is 0. The first-order valence-electron chi connectivity index (χ1n) is 6.45. The molecule has 0 fully saturated rings. The van der Waals surface area contributed by atoms with Gasteiger partial charge in [0.25, 0.3) is 0 Å². The zero-order valence-electron chi connectivity index (χ0n) is 10.6. The molecule has 0 radical (unpaired) electrons. The number of benzene rings is 2. The van der Waals surface area contributed by atoms with Crippen molar-refractivity contribution in [1.82, 2.24) is 0 Å². The molecule has 0 aliphatic rings. The Morgan fingerprint density at radius 1 is 0.778 bits per heavy atom. The van der Waals surface area contributed by atoms with Gasteiger partial charge in [-0.05, 0) is 42.6 Å². The number of anilines is 1.